The third-order valence-electron chi connectivity index (χ3n) is 4.36. The number of aromatic nitrogens is 2. The van der Waals surface area contributed by atoms with Gasteiger partial charge >= 0.3 is 6.03 Å². The molecular weight excluding hydrogens is 340 g/mol. The van der Waals surface area contributed by atoms with Gasteiger partial charge in [0.05, 0.1) is 6.04 Å². The van der Waals surface area contributed by atoms with Gasteiger partial charge in [-0.1, -0.05) is 37.5 Å². The normalized spacial score (nSPS) is 15.3. The molecule has 0 unspecified atom stereocenters. The Labute approximate surface area is 159 Å². The van der Waals surface area contributed by atoms with E-state index >= 15 is 0 Å². The zero-order valence-corrected chi connectivity index (χ0v) is 15.8. The van der Waals surface area contributed by atoms with Gasteiger partial charge in [-0.3, -0.25) is 10.6 Å². The number of nitrogens with one attached hydrogen (secondary N) is 3. The number of rotatable bonds is 3. The molecule has 1 heterocycles. The first-order valence-electron chi connectivity index (χ1n) is 9.38. The summed E-state index contributed by atoms with van der Waals surface area (Å²) in [6.45, 7) is 3.82. The summed E-state index contributed by atoms with van der Waals surface area (Å²) in [5, 5.41) is 8.70. The van der Waals surface area contributed by atoms with Gasteiger partial charge in [0.15, 0.2) is 0 Å². The summed E-state index contributed by atoms with van der Waals surface area (Å²) in [4.78, 5) is 25.9. The first-order valence-corrected chi connectivity index (χ1v) is 9.38. The Hall–Kier alpha value is -2.96. The molecule has 1 aromatic carbocycles. The second kappa shape index (κ2) is 9.12. The minimum absolute atomic E-state index is 0.198. The number of para-hydroxylation sites is 1. The minimum Gasteiger partial charge on any atom is -0.308 e. The van der Waals surface area contributed by atoms with E-state index in [9.17, 15) is 4.79 Å². The molecule has 1 aliphatic rings. The van der Waals surface area contributed by atoms with Crippen LogP contribution in [0.4, 0.5) is 16.4 Å². The Morgan fingerprint density at radius 2 is 1.67 bits per heavy atom. The van der Waals surface area contributed by atoms with Crippen molar-refractivity contribution in [3.63, 3.8) is 0 Å². The molecule has 1 fully saturated rings. The molecule has 0 bridgehead atoms. The standard InChI is InChI=1S/C20H26N6O/c1-14-13-15(2)22-18(21-14)25-19(23-16-9-5-3-6-10-16)26-20(27)24-17-11-7-4-8-12-17/h4,7-8,11-13,16H,3,5-6,9-10H2,1-2H3,(H3,21,22,23,24,25,26,27). The molecule has 0 atom stereocenters. The van der Waals surface area contributed by atoms with E-state index in [0.29, 0.717) is 11.9 Å². The van der Waals surface area contributed by atoms with E-state index in [0.717, 1.165) is 42.8 Å². The van der Waals surface area contributed by atoms with Crippen molar-refractivity contribution in [2.24, 2.45) is 4.99 Å². The number of urea groups is 1. The van der Waals surface area contributed by atoms with Crippen molar-refractivity contribution in [2.45, 2.75) is 52.0 Å². The second-order valence-electron chi connectivity index (χ2n) is 6.81. The summed E-state index contributed by atoms with van der Waals surface area (Å²) in [6, 6.07) is 11.0. The number of anilines is 2. The number of hydrogen-bond donors (Lipinski definition) is 3. The topological polar surface area (TPSA) is 91.3 Å². The maximum Gasteiger partial charge on any atom is 0.326 e. The minimum atomic E-state index is -0.354. The fourth-order valence-electron chi connectivity index (χ4n) is 3.17. The lowest BCUT2D eigenvalue weighted by atomic mass is 9.96. The van der Waals surface area contributed by atoms with E-state index < -0.39 is 0 Å². The molecule has 0 spiro atoms. The average molecular weight is 366 g/mol. The number of nitrogens with zero attached hydrogens (tertiary/aromatic N) is 3. The third kappa shape index (κ3) is 6.06. The molecule has 1 aliphatic carbocycles. The first-order chi connectivity index (χ1) is 13.1. The molecule has 0 aliphatic heterocycles. The Bertz CT molecular complexity index is 779. The Balaban J connectivity index is 1.74. The van der Waals surface area contributed by atoms with Crippen LogP contribution in [-0.2, 0) is 0 Å². The van der Waals surface area contributed by atoms with Crippen LogP contribution in [-0.4, -0.2) is 28.0 Å². The molecule has 7 nitrogen and oxygen atoms in total. The van der Waals surface area contributed by atoms with E-state index in [2.05, 4.69) is 25.9 Å². The summed E-state index contributed by atoms with van der Waals surface area (Å²) in [7, 11) is 0. The van der Waals surface area contributed by atoms with Gasteiger partial charge in [-0.15, -0.1) is 0 Å². The molecule has 2 amide bonds. The van der Waals surface area contributed by atoms with Crippen molar-refractivity contribution in [2.75, 3.05) is 10.6 Å². The molecule has 0 saturated heterocycles. The van der Waals surface area contributed by atoms with Gasteiger partial charge < -0.3 is 5.32 Å². The molecule has 2 aromatic rings. The SMILES string of the molecule is Cc1cc(C)nc(NC(=NC2CCCCC2)NC(=O)Nc2ccccc2)n1. The van der Waals surface area contributed by atoms with Gasteiger partial charge in [0.1, 0.15) is 0 Å². The van der Waals surface area contributed by atoms with E-state index in [4.69, 9.17) is 4.99 Å². The van der Waals surface area contributed by atoms with Crippen molar-refractivity contribution in [3.8, 4) is 0 Å². The summed E-state index contributed by atoms with van der Waals surface area (Å²) in [5.74, 6) is 0.808. The first kappa shape index (κ1) is 18.8. The molecule has 3 rings (SSSR count). The molecule has 3 N–H and O–H groups in total. The van der Waals surface area contributed by atoms with Crippen LogP contribution in [0.15, 0.2) is 41.4 Å². The lowest BCUT2D eigenvalue weighted by molar-refractivity contribution is 0.256. The highest BCUT2D eigenvalue weighted by atomic mass is 16.2. The van der Waals surface area contributed by atoms with E-state index in [-0.39, 0.29) is 12.1 Å². The van der Waals surface area contributed by atoms with Crippen molar-refractivity contribution in [1.82, 2.24) is 15.3 Å². The lowest BCUT2D eigenvalue weighted by Crippen LogP contribution is -2.40. The van der Waals surface area contributed by atoms with Gasteiger partial charge in [-0.25, -0.2) is 19.8 Å². The lowest BCUT2D eigenvalue weighted by Gasteiger charge is -2.20. The van der Waals surface area contributed by atoms with Gasteiger partial charge in [0.2, 0.25) is 11.9 Å². The highest BCUT2D eigenvalue weighted by Gasteiger charge is 2.16. The van der Waals surface area contributed by atoms with Gasteiger partial charge in [0, 0.05) is 17.1 Å². The summed E-state index contributed by atoms with van der Waals surface area (Å²) >= 11 is 0. The molecule has 27 heavy (non-hydrogen) atoms. The summed E-state index contributed by atoms with van der Waals surface area (Å²) in [6.07, 6.45) is 5.63. The monoisotopic (exact) mass is 366 g/mol. The number of aliphatic imine (C=N–C) groups is 1. The van der Waals surface area contributed by atoms with Crippen LogP contribution in [0.3, 0.4) is 0 Å². The van der Waals surface area contributed by atoms with Crippen LogP contribution in [0.1, 0.15) is 43.5 Å². The zero-order chi connectivity index (χ0) is 19.1. The van der Waals surface area contributed by atoms with Crippen LogP contribution in [0.5, 0.6) is 0 Å². The van der Waals surface area contributed by atoms with Crippen molar-refractivity contribution < 1.29 is 4.79 Å². The fourth-order valence-corrected chi connectivity index (χ4v) is 3.17. The number of amides is 2. The summed E-state index contributed by atoms with van der Waals surface area (Å²) in [5.41, 5.74) is 2.43. The number of hydrogen-bond acceptors (Lipinski definition) is 4. The van der Waals surface area contributed by atoms with Crippen LogP contribution >= 0.6 is 0 Å². The van der Waals surface area contributed by atoms with Crippen molar-refractivity contribution in [3.05, 3.63) is 47.8 Å². The van der Waals surface area contributed by atoms with Gasteiger partial charge in [0.25, 0.3) is 0 Å². The van der Waals surface area contributed by atoms with Crippen LogP contribution < -0.4 is 16.0 Å². The van der Waals surface area contributed by atoms with Gasteiger partial charge in [-0.2, -0.15) is 0 Å². The quantitative estimate of drug-likeness (QED) is 0.565. The zero-order valence-electron chi connectivity index (χ0n) is 15.8. The molecule has 1 aromatic heterocycles. The number of guanidine groups is 1. The second-order valence-corrected chi connectivity index (χ2v) is 6.81. The Kier molecular flexibility index (Phi) is 6.35. The molecule has 1 saturated carbocycles. The number of benzene rings is 1. The fraction of sp³-hybridized carbons (Fsp3) is 0.400. The molecule has 0 radical (unpaired) electrons. The molecule has 142 valence electrons. The smallest absolute Gasteiger partial charge is 0.308 e. The maximum absolute atomic E-state index is 12.4. The third-order valence-corrected chi connectivity index (χ3v) is 4.36. The Morgan fingerprint density at radius 1 is 1.00 bits per heavy atom. The predicted octanol–water partition coefficient (Wildman–Crippen LogP) is 4.02. The van der Waals surface area contributed by atoms with E-state index in [1.165, 1.54) is 6.42 Å². The maximum atomic E-state index is 12.4. The molecular formula is C20H26N6O. The number of carbonyl (C=O) groups is 1. The average Bonchev–Trinajstić information content (AvgIpc) is 2.62. The highest BCUT2D eigenvalue weighted by Crippen LogP contribution is 2.20. The van der Waals surface area contributed by atoms with Crippen molar-refractivity contribution >= 4 is 23.6 Å². The van der Waals surface area contributed by atoms with Gasteiger partial charge in [-0.05, 0) is 44.9 Å². The summed E-state index contributed by atoms with van der Waals surface area (Å²) < 4.78 is 0. The van der Waals surface area contributed by atoms with E-state index in [1.807, 2.05) is 50.2 Å². The number of aryl methyl sites for hydroxylation is 2. The molecule has 7 heteroatoms. The van der Waals surface area contributed by atoms with E-state index in [1.54, 1.807) is 0 Å². The predicted molar refractivity (Wildman–Crippen MR) is 108 cm³/mol. The largest absolute Gasteiger partial charge is 0.326 e. The van der Waals surface area contributed by atoms with Crippen molar-refractivity contribution in [1.29, 1.82) is 0 Å². The number of carbonyl (C=O) groups excluding carboxylic acids is 1. The van der Waals surface area contributed by atoms with Crippen LogP contribution in [0.2, 0.25) is 0 Å². The van der Waals surface area contributed by atoms with Crippen LogP contribution in [0, 0.1) is 13.8 Å². The van der Waals surface area contributed by atoms with Crippen LogP contribution in [0.25, 0.3) is 0 Å². The Morgan fingerprint density at radius 3 is 2.33 bits per heavy atom. The highest BCUT2D eigenvalue weighted by molar-refractivity contribution is 6.07.